The quantitative estimate of drug-likeness (QED) is 0.391. The van der Waals surface area contributed by atoms with E-state index in [1.807, 2.05) is 19.1 Å². The zero-order valence-corrected chi connectivity index (χ0v) is 20.4. The van der Waals surface area contributed by atoms with Crippen LogP contribution in [0, 0.1) is 6.92 Å². The van der Waals surface area contributed by atoms with Crippen LogP contribution in [-0.2, 0) is 11.2 Å². The Hall–Kier alpha value is -3.50. The lowest BCUT2D eigenvalue weighted by molar-refractivity contribution is -0.117. The Bertz CT molecular complexity index is 1390. The molecule has 1 aliphatic carbocycles. The van der Waals surface area contributed by atoms with Gasteiger partial charge in [0.05, 0.1) is 36.0 Å². The van der Waals surface area contributed by atoms with E-state index in [9.17, 15) is 9.59 Å². The zero-order valence-electron chi connectivity index (χ0n) is 18.8. The van der Waals surface area contributed by atoms with Crippen LogP contribution in [0.2, 0.25) is 0 Å². The highest BCUT2D eigenvalue weighted by Crippen LogP contribution is 2.39. The third kappa shape index (κ3) is 4.34. The Morgan fingerprint density at radius 2 is 1.71 bits per heavy atom. The number of nitrogens with zero attached hydrogens (tertiary/aromatic N) is 2. The standard InChI is InChI=1S/C24H22N4O4S2/c1-12-4-6-17-19(8-12)34-23(25-17)28-22(30)16-5-7-18-20(16)26-24(33-18)27-21(29)13-9-14(31-2)11-15(10-13)32-3/h4,6,8-11,16H,5,7H2,1-3H3,(H,25,28,30)(H,26,27,29). The highest BCUT2D eigenvalue weighted by Gasteiger charge is 2.33. The average molecular weight is 495 g/mol. The van der Waals surface area contributed by atoms with Crippen molar-refractivity contribution in [1.82, 2.24) is 9.97 Å². The number of rotatable bonds is 6. The second-order valence-corrected chi connectivity index (χ2v) is 10.1. The van der Waals surface area contributed by atoms with Crippen LogP contribution in [0.3, 0.4) is 0 Å². The minimum atomic E-state index is -0.373. The van der Waals surface area contributed by atoms with Gasteiger partial charge in [-0.25, -0.2) is 9.97 Å². The van der Waals surface area contributed by atoms with Crippen LogP contribution in [0.5, 0.6) is 11.5 Å². The third-order valence-corrected chi connectivity index (χ3v) is 7.62. The number of fused-ring (bicyclic) bond motifs is 2. The molecule has 0 spiro atoms. The van der Waals surface area contributed by atoms with E-state index in [0.29, 0.717) is 33.7 Å². The lowest BCUT2D eigenvalue weighted by Gasteiger charge is -2.09. The van der Waals surface area contributed by atoms with E-state index in [-0.39, 0.29) is 17.7 Å². The molecule has 4 aromatic rings. The Labute approximate surface area is 204 Å². The summed E-state index contributed by atoms with van der Waals surface area (Å²) in [5.41, 5.74) is 3.13. The van der Waals surface area contributed by atoms with E-state index in [4.69, 9.17) is 9.47 Å². The molecule has 2 N–H and O–H groups in total. The van der Waals surface area contributed by atoms with Gasteiger partial charge in [-0.2, -0.15) is 0 Å². The number of ether oxygens (including phenoxy) is 2. The number of nitrogens with one attached hydrogen (secondary N) is 2. The highest BCUT2D eigenvalue weighted by atomic mass is 32.1. The minimum absolute atomic E-state index is 0.129. The van der Waals surface area contributed by atoms with Crippen molar-refractivity contribution in [3.05, 3.63) is 58.1 Å². The van der Waals surface area contributed by atoms with Crippen LogP contribution in [-0.4, -0.2) is 36.0 Å². The van der Waals surface area contributed by atoms with Crippen molar-refractivity contribution in [1.29, 1.82) is 0 Å². The lowest BCUT2D eigenvalue weighted by Crippen LogP contribution is -2.20. The summed E-state index contributed by atoms with van der Waals surface area (Å²) in [5, 5.41) is 6.83. The second-order valence-electron chi connectivity index (χ2n) is 7.95. The van der Waals surface area contributed by atoms with Gasteiger partial charge in [-0.15, -0.1) is 11.3 Å². The van der Waals surface area contributed by atoms with Crippen LogP contribution in [0.1, 0.15) is 38.8 Å². The first-order chi connectivity index (χ1) is 16.4. The van der Waals surface area contributed by atoms with E-state index in [2.05, 4.69) is 26.7 Å². The molecule has 10 heteroatoms. The summed E-state index contributed by atoms with van der Waals surface area (Å²) in [6.45, 7) is 2.03. The molecule has 1 atom stereocenters. The topological polar surface area (TPSA) is 102 Å². The van der Waals surface area contributed by atoms with Crippen molar-refractivity contribution in [2.75, 3.05) is 24.9 Å². The fourth-order valence-electron chi connectivity index (χ4n) is 3.92. The van der Waals surface area contributed by atoms with Gasteiger partial charge in [-0.3, -0.25) is 14.9 Å². The Morgan fingerprint density at radius 1 is 0.971 bits per heavy atom. The number of aryl methyl sites for hydroxylation is 2. The number of methoxy groups -OCH3 is 2. The molecule has 1 unspecified atom stereocenters. The summed E-state index contributed by atoms with van der Waals surface area (Å²) < 4.78 is 11.5. The van der Waals surface area contributed by atoms with Gasteiger partial charge in [0.15, 0.2) is 10.3 Å². The maximum atomic E-state index is 13.0. The van der Waals surface area contributed by atoms with Crippen LogP contribution >= 0.6 is 22.7 Å². The minimum Gasteiger partial charge on any atom is -0.497 e. The first-order valence-corrected chi connectivity index (χ1v) is 12.3. The highest BCUT2D eigenvalue weighted by molar-refractivity contribution is 7.22. The molecule has 34 heavy (non-hydrogen) atoms. The number of hydrogen-bond donors (Lipinski definition) is 2. The van der Waals surface area contributed by atoms with Gasteiger partial charge in [0.1, 0.15) is 11.5 Å². The van der Waals surface area contributed by atoms with E-state index in [0.717, 1.165) is 32.8 Å². The molecule has 0 saturated heterocycles. The van der Waals surface area contributed by atoms with Crippen molar-refractivity contribution in [3.63, 3.8) is 0 Å². The van der Waals surface area contributed by atoms with Gasteiger partial charge in [-0.05, 0) is 49.6 Å². The molecule has 1 aliphatic rings. The molecule has 2 aromatic carbocycles. The summed E-state index contributed by atoms with van der Waals surface area (Å²) in [6, 6.07) is 11.0. The fraction of sp³-hybridized carbons (Fsp3) is 0.250. The number of carbonyl (C=O) groups is 2. The summed E-state index contributed by atoms with van der Waals surface area (Å²) >= 11 is 2.86. The number of amides is 2. The van der Waals surface area contributed by atoms with Gasteiger partial charge in [0.2, 0.25) is 5.91 Å². The van der Waals surface area contributed by atoms with Crippen LogP contribution in [0.25, 0.3) is 10.2 Å². The van der Waals surface area contributed by atoms with Crippen LogP contribution < -0.4 is 20.1 Å². The smallest absolute Gasteiger partial charge is 0.257 e. The molecule has 2 heterocycles. The molecular weight excluding hydrogens is 472 g/mol. The number of benzene rings is 2. The predicted molar refractivity (Wildman–Crippen MR) is 134 cm³/mol. The monoisotopic (exact) mass is 494 g/mol. The molecule has 2 amide bonds. The van der Waals surface area contributed by atoms with E-state index >= 15 is 0 Å². The predicted octanol–water partition coefficient (Wildman–Crippen LogP) is 5.00. The van der Waals surface area contributed by atoms with Crippen LogP contribution in [0.4, 0.5) is 10.3 Å². The lowest BCUT2D eigenvalue weighted by atomic mass is 10.1. The summed E-state index contributed by atoms with van der Waals surface area (Å²) in [4.78, 5) is 35.9. The molecule has 5 rings (SSSR count). The Kier molecular flexibility index (Phi) is 5.93. The SMILES string of the molecule is COc1cc(OC)cc(C(=O)Nc2nc3c(s2)CCC3C(=O)Nc2nc3ccc(C)cc3s2)c1. The Balaban J connectivity index is 1.31. The Morgan fingerprint density at radius 3 is 2.44 bits per heavy atom. The molecule has 0 radical (unpaired) electrons. The number of hydrogen-bond acceptors (Lipinski definition) is 8. The summed E-state index contributed by atoms with van der Waals surface area (Å²) in [5.74, 6) is 0.217. The number of aromatic nitrogens is 2. The summed E-state index contributed by atoms with van der Waals surface area (Å²) in [6.07, 6.45) is 1.43. The van der Waals surface area contributed by atoms with Crippen molar-refractivity contribution < 1.29 is 19.1 Å². The van der Waals surface area contributed by atoms with Gasteiger partial charge in [-0.1, -0.05) is 17.4 Å². The number of anilines is 2. The first kappa shape index (κ1) is 22.3. The summed E-state index contributed by atoms with van der Waals surface area (Å²) in [7, 11) is 3.06. The third-order valence-electron chi connectivity index (χ3n) is 5.64. The van der Waals surface area contributed by atoms with Gasteiger partial charge < -0.3 is 14.8 Å². The second kappa shape index (κ2) is 9.03. The zero-order chi connectivity index (χ0) is 23.8. The molecule has 0 bridgehead atoms. The normalized spacial score (nSPS) is 14.6. The number of thiazole rings is 2. The van der Waals surface area contributed by atoms with Crippen LogP contribution in [0.15, 0.2) is 36.4 Å². The maximum Gasteiger partial charge on any atom is 0.257 e. The first-order valence-electron chi connectivity index (χ1n) is 10.7. The van der Waals surface area contributed by atoms with E-state index < -0.39 is 0 Å². The van der Waals surface area contributed by atoms with Crippen molar-refractivity contribution in [2.45, 2.75) is 25.7 Å². The van der Waals surface area contributed by atoms with E-state index in [1.54, 1.807) is 18.2 Å². The van der Waals surface area contributed by atoms with Crippen molar-refractivity contribution in [3.8, 4) is 11.5 Å². The molecule has 8 nitrogen and oxygen atoms in total. The number of carbonyl (C=O) groups excluding carboxylic acids is 2. The molecule has 0 saturated carbocycles. The average Bonchev–Trinajstić information content (AvgIpc) is 3.51. The maximum absolute atomic E-state index is 13.0. The van der Waals surface area contributed by atoms with Gasteiger partial charge in [0, 0.05) is 16.5 Å². The van der Waals surface area contributed by atoms with Crippen molar-refractivity contribution >= 4 is 55.0 Å². The fourth-order valence-corrected chi connectivity index (χ4v) is 5.92. The van der Waals surface area contributed by atoms with Crippen molar-refractivity contribution in [2.24, 2.45) is 0 Å². The molecule has 0 fully saturated rings. The van der Waals surface area contributed by atoms with E-state index in [1.165, 1.54) is 36.9 Å². The molecule has 0 aliphatic heterocycles. The van der Waals surface area contributed by atoms with Gasteiger partial charge in [0.25, 0.3) is 5.91 Å². The largest absolute Gasteiger partial charge is 0.497 e. The molecule has 174 valence electrons. The van der Waals surface area contributed by atoms with Gasteiger partial charge >= 0.3 is 0 Å². The molecule has 2 aromatic heterocycles. The molecular formula is C24H22N4O4S2.